The van der Waals surface area contributed by atoms with E-state index in [-0.39, 0.29) is 5.41 Å². The molecule has 2 aliphatic carbocycles. The van der Waals surface area contributed by atoms with Gasteiger partial charge in [0.05, 0.1) is 5.41 Å². The van der Waals surface area contributed by atoms with Crippen LogP contribution in [0.4, 0.5) is 0 Å². The Balaban J connectivity index is 1.80. The number of carbonyl (C=O) groups excluding carboxylic acids is 1. The minimum absolute atomic E-state index is 0.0148. The highest BCUT2D eigenvalue weighted by molar-refractivity contribution is 5.83. The summed E-state index contributed by atoms with van der Waals surface area (Å²) in [7, 11) is 0. The number of hydrogen-bond acceptors (Lipinski definition) is 1. The lowest BCUT2D eigenvalue weighted by molar-refractivity contribution is -0.145. The van der Waals surface area contributed by atoms with Gasteiger partial charge in [0.15, 0.2) is 0 Å². The van der Waals surface area contributed by atoms with Crippen LogP contribution in [-0.4, -0.2) is 23.9 Å². The molecule has 1 saturated heterocycles. The van der Waals surface area contributed by atoms with Gasteiger partial charge in [-0.1, -0.05) is 18.6 Å². The van der Waals surface area contributed by atoms with E-state index in [2.05, 4.69) is 17.9 Å². The Morgan fingerprint density at radius 1 is 1.28 bits per heavy atom. The smallest absolute Gasteiger partial charge is 0.229 e. The fourth-order valence-electron chi connectivity index (χ4n) is 4.36. The molecule has 0 N–H and O–H groups in total. The number of carbonyl (C=O) groups is 1. The zero-order chi connectivity index (χ0) is 12.6. The highest BCUT2D eigenvalue weighted by Crippen LogP contribution is 2.49. The van der Waals surface area contributed by atoms with Gasteiger partial charge in [0.2, 0.25) is 5.91 Å². The Labute approximate surface area is 110 Å². The molecule has 2 fully saturated rings. The largest absolute Gasteiger partial charge is 0.342 e. The lowest BCUT2D eigenvalue weighted by Gasteiger charge is -2.45. The lowest BCUT2D eigenvalue weighted by Crippen LogP contribution is -2.49. The van der Waals surface area contributed by atoms with E-state index in [9.17, 15) is 4.79 Å². The minimum Gasteiger partial charge on any atom is -0.342 e. The van der Waals surface area contributed by atoms with Gasteiger partial charge in [0, 0.05) is 13.1 Å². The van der Waals surface area contributed by atoms with Crippen LogP contribution in [0.15, 0.2) is 11.6 Å². The average molecular weight is 247 g/mol. The monoisotopic (exact) mass is 247 g/mol. The summed E-state index contributed by atoms with van der Waals surface area (Å²) in [6, 6.07) is 0. The molecule has 2 heteroatoms. The maximum Gasteiger partial charge on any atom is 0.229 e. The number of hydrogen-bond donors (Lipinski definition) is 0. The van der Waals surface area contributed by atoms with Gasteiger partial charge in [0.25, 0.3) is 0 Å². The summed E-state index contributed by atoms with van der Waals surface area (Å²) in [5.74, 6) is 1.09. The molecule has 3 aliphatic rings. The van der Waals surface area contributed by atoms with Gasteiger partial charge in [-0.15, -0.1) is 0 Å². The predicted octanol–water partition coefficient (Wildman–Crippen LogP) is 3.53. The molecular formula is C16H25NO. The Kier molecular flexibility index (Phi) is 3.21. The van der Waals surface area contributed by atoms with Crippen LogP contribution in [0.5, 0.6) is 0 Å². The topological polar surface area (TPSA) is 20.3 Å². The van der Waals surface area contributed by atoms with Crippen molar-refractivity contribution in [2.75, 3.05) is 13.1 Å². The molecule has 0 aromatic rings. The van der Waals surface area contributed by atoms with Gasteiger partial charge in [0.1, 0.15) is 0 Å². The van der Waals surface area contributed by atoms with E-state index in [1.54, 1.807) is 5.57 Å². The first-order chi connectivity index (χ1) is 8.70. The van der Waals surface area contributed by atoms with Crippen molar-refractivity contribution in [3.05, 3.63) is 11.6 Å². The summed E-state index contributed by atoms with van der Waals surface area (Å²) in [5, 5.41) is 0. The minimum atomic E-state index is -0.0148. The molecule has 1 saturated carbocycles. The summed E-state index contributed by atoms with van der Waals surface area (Å²) >= 11 is 0. The summed E-state index contributed by atoms with van der Waals surface area (Å²) in [6.07, 6.45) is 11.9. The van der Waals surface area contributed by atoms with Crippen LogP contribution < -0.4 is 0 Å². The quantitative estimate of drug-likeness (QED) is 0.649. The molecule has 2 bridgehead atoms. The van der Waals surface area contributed by atoms with Gasteiger partial charge in [-0.05, 0) is 57.3 Å². The zero-order valence-corrected chi connectivity index (χ0v) is 11.6. The first kappa shape index (κ1) is 12.3. The molecule has 1 heterocycles. The van der Waals surface area contributed by atoms with Gasteiger partial charge in [-0.3, -0.25) is 4.79 Å². The van der Waals surface area contributed by atoms with Crippen LogP contribution in [0.1, 0.15) is 58.3 Å². The number of amides is 1. The summed E-state index contributed by atoms with van der Waals surface area (Å²) in [6.45, 7) is 4.30. The van der Waals surface area contributed by atoms with E-state index in [1.807, 2.05) is 0 Å². The third kappa shape index (κ3) is 2.10. The molecule has 1 amide bonds. The van der Waals surface area contributed by atoms with Crippen LogP contribution in [0.2, 0.25) is 0 Å². The van der Waals surface area contributed by atoms with Gasteiger partial charge < -0.3 is 4.90 Å². The van der Waals surface area contributed by atoms with E-state index < -0.39 is 0 Å². The number of allylic oxidation sites excluding steroid dienone is 2. The van der Waals surface area contributed by atoms with Crippen molar-refractivity contribution in [3.8, 4) is 0 Å². The van der Waals surface area contributed by atoms with Gasteiger partial charge >= 0.3 is 0 Å². The van der Waals surface area contributed by atoms with Crippen LogP contribution in [0.25, 0.3) is 0 Å². The Morgan fingerprint density at radius 2 is 2.06 bits per heavy atom. The standard InChI is InChI=1S/C16H25NO/c1-13-10-14-6-5-7-16(11-13,12-14)15(18)17-8-3-2-4-9-17/h10,13H,2-9,11-12H2,1H3. The number of nitrogens with zero attached hydrogens (tertiary/aromatic N) is 1. The summed E-state index contributed by atoms with van der Waals surface area (Å²) in [4.78, 5) is 15.1. The number of fused-ring (bicyclic) bond motifs is 2. The number of rotatable bonds is 1. The molecule has 3 rings (SSSR count). The first-order valence-electron chi connectivity index (χ1n) is 7.69. The zero-order valence-electron chi connectivity index (χ0n) is 11.6. The number of likely N-dealkylation sites (tertiary alicyclic amines) is 1. The highest BCUT2D eigenvalue weighted by Gasteiger charge is 2.45. The van der Waals surface area contributed by atoms with Crippen LogP contribution in [0.3, 0.4) is 0 Å². The van der Waals surface area contributed by atoms with E-state index in [0.717, 1.165) is 32.4 Å². The molecule has 18 heavy (non-hydrogen) atoms. The molecule has 0 spiro atoms. The SMILES string of the molecule is CC1C=C2CCCC(C(=O)N3CCCCC3)(C2)C1. The molecular weight excluding hydrogens is 222 g/mol. The lowest BCUT2D eigenvalue weighted by atomic mass is 9.63. The normalized spacial score (nSPS) is 36.2. The van der Waals surface area contributed by atoms with Crippen molar-refractivity contribution >= 4 is 5.91 Å². The Bertz CT molecular complexity index is 367. The maximum absolute atomic E-state index is 12.9. The van der Waals surface area contributed by atoms with Crippen LogP contribution in [-0.2, 0) is 4.79 Å². The van der Waals surface area contributed by atoms with Crippen molar-refractivity contribution in [3.63, 3.8) is 0 Å². The fraction of sp³-hybridized carbons (Fsp3) is 0.812. The van der Waals surface area contributed by atoms with Crippen LogP contribution >= 0.6 is 0 Å². The molecule has 2 nitrogen and oxygen atoms in total. The summed E-state index contributed by atoms with van der Waals surface area (Å²) < 4.78 is 0. The van der Waals surface area contributed by atoms with E-state index in [0.29, 0.717) is 11.8 Å². The van der Waals surface area contributed by atoms with E-state index in [4.69, 9.17) is 0 Å². The van der Waals surface area contributed by atoms with Crippen molar-refractivity contribution in [1.29, 1.82) is 0 Å². The van der Waals surface area contributed by atoms with Crippen LogP contribution in [0, 0.1) is 11.3 Å². The fourth-order valence-corrected chi connectivity index (χ4v) is 4.36. The Hall–Kier alpha value is -0.790. The molecule has 0 aromatic heterocycles. The molecule has 100 valence electrons. The van der Waals surface area contributed by atoms with Gasteiger partial charge in [-0.25, -0.2) is 0 Å². The van der Waals surface area contributed by atoms with Crippen molar-refractivity contribution in [2.24, 2.45) is 11.3 Å². The maximum atomic E-state index is 12.9. The third-order valence-electron chi connectivity index (χ3n) is 5.05. The average Bonchev–Trinajstić information content (AvgIpc) is 2.38. The van der Waals surface area contributed by atoms with E-state index in [1.165, 1.54) is 32.1 Å². The molecule has 0 radical (unpaired) electrons. The molecule has 1 aliphatic heterocycles. The molecule has 2 atom stereocenters. The van der Waals surface area contributed by atoms with Crippen molar-refractivity contribution in [2.45, 2.75) is 58.3 Å². The van der Waals surface area contributed by atoms with Gasteiger partial charge in [-0.2, -0.15) is 0 Å². The second-order valence-corrected chi connectivity index (χ2v) is 6.67. The Morgan fingerprint density at radius 3 is 2.83 bits per heavy atom. The highest BCUT2D eigenvalue weighted by atomic mass is 16.2. The second kappa shape index (κ2) is 4.71. The van der Waals surface area contributed by atoms with Crippen molar-refractivity contribution < 1.29 is 4.79 Å². The molecule has 2 unspecified atom stereocenters. The van der Waals surface area contributed by atoms with Crippen molar-refractivity contribution in [1.82, 2.24) is 4.90 Å². The molecule has 0 aromatic carbocycles. The number of piperidine rings is 1. The first-order valence-corrected chi connectivity index (χ1v) is 7.69. The van der Waals surface area contributed by atoms with E-state index >= 15 is 0 Å². The summed E-state index contributed by atoms with van der Waals surface area (Å²) in [5.41, 5.74) is 1.55. The third-order valence-corrected chi connectivity index (χ3v) is 5.05. The predicted molar refractivity (Wildman–Crippen MR) is 73.2 cm³/mol. The second-order valence-electron chi connectivity index (χ2n) is 6.67.